The average Bonchev–Trinajstić information content (AvgIpc) is 2.21. The van der Waals surface area contributed by atoms with Crippen LogP contribution in [-0.2, 0) is 9.53 Å². The third kappa shape index (κ3) is 8.30. The number of carbonyl (C=O) groups excluding carboxylic acids is 1. The highest BCUT2D eigenvalue weighted by Gasteiger charge is 2.31. The Labute approximate surface area is 105 Å². The number of hydrogen-bond donors (Lipinski definition) is 1. The fraction of sp³-hybridized carbons (Fsp3) is 0.909. The van der Waals surface area contributed by atoms with Gasteiger partial charge in [-0.25, -0.2) is 0 Å². The van der Waals surface area contributed by atoms with Crippen LogP contribution in [0.25, 0.3) is 0 Å². The molecule has 4 nitrogen and oxygen atoms in total. The molecule has 1 unspecified atom stereocenters. The third-order valence-corrected chi connectivity index (χ3v) is 2.16. The Morgan fingerprint density at radius 2 is 2.00 bits per heavy atom. The van der Waals surface area contributed by atoms with Gasteiger partial charge in [-0.1, -0.05) is 6.92 Å². The molecule has 0 aliphatic heterocycles. The number of ether oxygens (including phenoxy) is 1. The maximum absolute atomic E-state index is 12.2. The highest BCUT2D eigenvalue weighted by atomic mass is 19.4. The number of nitrogens with zero attached hydrogens (tertiary/aromatic N) is 1. The summed E-state index contributed by atoms with van der Waals surface area (Å²) >= 11 is 0. The van der Waals surface area contributed by atoms with E-state index in [0.717, 1.165) is 11.3 Å². The lowest BCUT2D eigenvalue weighted by molar-refractivity contribution is -0.152. The van der Waals surface area contributed by atoms with E-state index in [1.54, 1.807) is 6.92 Å². The molecule has 0 rings (SSSR count). The Kier molecular flexibility index (Phi) is 7.93. The van der Waals surface area contributed by atoms with Crippen LogP contribution in [0.15, 0.2) is 0 Å². The molecule has 0 fully saturated rings. The first-order chi connectivity index (χ1) is 8.30. The molecule has 0 saturated carbocycles. The summed E-state index contributed by atoms with van der Waals surface area (Å²) in [6.45, 7) is 3.27. The van der Waals surface area contributed by atoms with Crippen LogP contribution in [0.3, 0.4) is 0 Å². The van der Waals surface area contributed by atoms with E-state index < -0.39 is 24.7 Å². The zero-order valence-corrected chi connectivity index (χ0v) is 11.0. The van der Waals surface area contributed by atoms with E-state index >= 15 is 0 Å². The molecule has 0 aliphatic carbocycles. The van der Waals surface area contributed by atoms with Gasteiger partial charge in [0.1, 0.15) is 6.04 Å². The summed E-state index contributed by atoms with van der Waals surface area (Å²) in [6, 6.07) is -0.725. The second kappa shape index (κ2) is 8.31. The first-order valence-electron chi connectivity index (χ1n) is 5.95. The van der Waals surface area contributed by atoms with Gasteiger partial charge in [-0.3, -0.25) is 9.69 Å². The second-order valence-electron chi connectivity index (χ2n) is 4.07. The number of likely N-dealkylation sites (N-methyl/N-ethyl adjacent to an activating group) is 1. The van der Waals surface area contributed by atoms with Gasteiger partial charge >= 0.3 is 12.1 Å². The molecule has 1 atom stereocenters. The van der Waals surface area contributed by atoms with Gasteiger partial charge in [0.15, 0.2) is 0 Å². The molecule has 0 radical (unpaired) electrons. The number of nitrogens with one attached hydrogen (secondary N) is 1. The summed E-state index contributed by atoms with van der Waals surface area (Å²) in [7, 11) is 1.33. The van der Waals surface area contributed by atoms with Crippen molar-refractivity contribution in [2.75, 3.05) is 33.3 Å². The number of carbonyl (C=O) groups is 1. The highest BCUT2D eigenvalue weighted by Crippen LogP contribution is 2.15. The van der Waals surface area contributed by atoms with Crippen LogP contribution in [0.5, 0.6) is 0 Å². The molecule has 0 amide bonds. The summed E-state index contributed by atoms with van der Waals surface area (Å²) < 4.78 is 41.4. The molecule has 0 aromatic heterocycles. The van der Waals surface area contributed by atoms with Crippen molar-refractivity contribution in [3.8, 4) is 0 Å². The van der Waals surface area contributed by atoms with Crippen molar-refractivity contribution in [2.45, 2.75) is 32.5 Å². The molecule has 0 spiro atoms. The number of hydrogen-bond acceptors (Lipinski definition) is 4. The first kappa shape index (κ1) is 17.2. The molecule has 108 valence electrons. The van der Waals surface area contributed by atoms with E-state index in [2.05, 4.69) is 5.32 Å². The van der Waals surface area contributed by atoms with Crippen molar-refractivity contribution in [3.05, 3.63) is 0 Å². The molecule has 0 aromatic carbocycles. The van der Waals surface area contributed by atoms with Crippen LogP contribution in [0.4, 0.5) is 13.2 Å². The van der Waals surface area contributed by atoms with Gasteiger partial charge in [0.25, 0.3) is 0 Å². The topological polar surface area (TPSA) is 41.6 Å². The lowest BCUT2D eigenvalue weighted by Gasteiger charge is -2.24. The molecule has 0 bridgehead atoms. The molecular formula is C11H21F3N2O2. The fourth-order valence-electron chi connectivity index (χ4n) is 1.47. The van der Waals surface area contributed by atoms with E-state index in [0.29, 0.717) is 6.54 Å². The van der Waals surface area contributed by atoms with E-state index in [4.69, 9.17) is 4.74 Å². The predicted octanol–water partition coefficient (Wildman–Crippen LogP) is 1.41. The summed E-state index contributed by atoms with van der Waals surface area (Å²) in [4.78, 5) is 12.6. The summed E-state index contributed by atoms with van der Waals surface area (Å²) in [5, 5.41) is 2.89. The molecule has 0 saturated heterocycles. The van der Waals surface area contributed by atoms with Crippen LogP contribution in [0, 0.1) is 0 Å². The molecular weight excluding hydrogens is 249 g/mol. The number of alkyl halides is 3. The largest absolute Gasteiger partial charge is 0.465 e. The zero-order valence-electron chi connectivity index (χ0n) is 11.0. The quantitative estimate of drug-likeness (QED) is 0.677. The van der Waals surface area contributed by atoms with Crippen LogP contribution >= 0.6 is 0 Å². The Bertz CT molecular complexity index is 247. The van der Waals surface area contributed by atoms with Gasteiger partial charge in [-0.2, -0.15) is 13.2 Å². The average molecular weight is 270 g/mol. The van der Waals surface area contributed by atoms with E-state index in [1.807, 2.05) is 6.92 Å². The molecule has 1 N–H and O–H groups in total. The first-order valence-corrected chi connectivity index (χ1v) is 5.95. The van der Waals surface area contributed by atoms with Crippen molar-refractivity contribution in [3.63, 3.8) is 0 Å². The van der Waals surface area contributed by atoms with Crippen molar-refractivity contribution < 1.29 is 22.7 Å². The maximum Gasteiger partial charge on any atom is 0.401 e. The zero-order chi connectivity index (χ0) is 14.2. The van der Waals surface area contributed by atoms with Crippen LogP contribution in [0.2, 0.25) is 0 Å². The minimum atomic E-state index is -4.27. The van der Waals surface area contributed by atoms with Gasteiger partial charge in [0.05, 0.1) is 13.2 Å². The molecule has 7 heteroatoms. The standard InChI is InChI=1S/C11H21F3N2O2/c1-4-6-15-9(10(17)18-5-2)7-16(3)8-11(12,13)14/h9,15H,4-8H2,1-3H3. The minimum absolute atomic E-state index is 0.0294. The normalized spacial score (nSPS) is 13.7. The third-order valence-electron chi connectivity index (χ3n) is 2.16. The molecule has 0 aromatic rings. The molecule has 0 aliphatic rings. The van der Waals surface area contributed by atoms with Crippen molar-refractivity contribution >= 4 is 5.97 Å². The van der Waals surface area contributed by atoms with Gasteiger partial charge in [0, 0.05) is 6.54 Å². The number of halogens is 3. The lowest BCUT2D eigenvalue weighted by atomic mass is 10.2. The maximum atomic E-state index is 12.2. The van der Waals surface area contributed by atoms with E-state index in [1.165, 1.54) is 7.05 Å². The van der Waals surface area contributed by atoms with Gasteiger partial charge < -0.3 is 10.1 Å². The van der Waals surface area contributed by atoms with Crippen LogP contribution in [-0.4, -0.2) is 56.4 Å². The van der Waals surface area contributed by atoms with Crippen molar-refractivity contribution in [1.82, 2.24) is 10.2 Å². The summed E-state index contributed by atoms with van der Waals surface area (Å²) in [5.74, 6) is -0.514. The van der Waals surface area contributed by atoms with E-state index in [9.17, 15) is 18.0 Å². The Hall–Kier alpha value is -0.820. The Morgan fingerprint density at radius 3 is 2.44 bits per heavy atom. The van der Waals surface area contributed by atoms with Crippen molar-refractivity contribution in [1.29, 1.82) is 0 Å². The smallest absolute Gasteiger partial charge is 0.401 e. The SMILES string of the molecule is CCCNC(CN(C)CC(F)(F)F)C(=O)OCC. The summed E-state index contributed by atoms with van der Waals surface area (Å²) in [5.41, 5.74) is 0. The van der Waals surface area contributed by atoms with Gasteiger partial charge in [-0.15, -0.1) is 0 Å². The highest BCUT2D eigenvalue weighted by molar-refractivity contribution is 5.76. The second-order valence-corrected chi connectivity index (χ2v) is 4.07. The Balaban J connectivity index is 4.34. The number of esters is 1. The molecule has 0 heterocycles. The van der Waals surface area contributed by atoms with Crippen molar-refractivity contribution in [2.24, 2.45) is 0 Å². The summed E-state index contributed by atoms with van der Waals surface area (Å²) in [6.07, 6.45) is -3.47. The monoisotopic (exact) mass is 270 g/mol. The van der Waals surface area contributed by atoms with Gasteiger partial charge in [-0.05, 0) is 26.9 Å². The van der Waals surface area contributed by atoms with Crippen LogP contribution in [0.1, 0.15) is 20.3 Å². The number of rotatable bonds is 8. The van der Waals surface area contributed by atoms with E-state index in [-0.39, 0.29) is 13.2 Å². The molecule has 18 heavy (non-hydrogen) atoms. The minimum Gasteiger partial charge on any atom is -0.465 e. The fourth-order valence-corrected chi connectivity index (χ4v) is 1.47. The predicted molar refractivity (Wildman–Crippen MR) is 62.3 cm³/mol. The lowest BCUT2D eigenvalue weighted by Crippen LogP contribution is -2.48. The van der Waals surface area contributed by atoms with Crippen LogP contribution < -0.4 is 5.32 Å². The Morgan fingerprint density at radius 1 is 1.39 bits per heavy atom. The van der Waals surface area contributed by atoms with Gasteiger partial charge in [0.2, 0.25) is 0 Å².